The lowest BCUT2D eigenvalue weighted by atomic mass is 10.1. The molecular formula is C21H17N5O2. The average Bonchev–Trinajstić information content (AvgIpc) is 3.17. The molecule has 2 aromatic carbocycles. The zero-order valence-corrected chi connectivity index (χ0v) is 14.9. The minimum atomic E-state index is -0.517. The summed E-state index contributed by atoms with van der Waals surface area (Å²) in [5.41, 5.74) is 8.65. The van der Waals surface area contributed by atoms with Gasteiger partial charge in [0.15, 0.2) is 0 Å². The van der Waals surface area contributed by atoms with Crippen molar-refractivity contribution < 1.29 is 9.59 Å². The number of carbonyl (C=O) groups is 2. The average molecular weight is 371 g/mol. The van der Waals surface area contributed by atoms with Crippen LogP contribution in [0.25, 0.3) is 16.6 Å². The highest BCUT2D eigenvalue weighted by molar-refractivity contribution is 6.04. The number of nitrogens with two attached hydrogens (primary N) is 1. The molecule has 0 saturated heterocycles. The molecule has 0 atom stereocenters. The number of nitrogens with one attached hydrogen (secondary N) is 1. The van der Waals surface area contributed by atoms with Crippen molar-refractivity contribution in [2.75, 3.05) is 0 Å². The Balaban J connectivity index is 1.53. The number of benzene rings is 2. The number of rotatable bonds is 5. The van der Waals surface area contributed by atoms with E-state index in [0.717, 1.165) is 16.6 Å². The van der Waals surface area contributed by atoms with Crippen LogP contribution in [0.2, 0.25) is 0 Å². The molecule has 0 bridgehead atoms. The number of hydrogen-bond donors (Lipinski definition) is 2. The minimum Gasteiger partial charge on any atom is -0.366 e. The predicted octanol–water partition coefficient (Wildman–Crippen LogP) is 2.45. The van der Waals surface area contributed by atoms with Crippen molar-refractivity contribution in [3.05, 3.63) is 89.9 Å². The quantitative estimate of drug-likeness (QED) is 0.562. The SMILES string of the molecule is NC(=O)c1cccc2cn(-c3ccc(C(=O)NCc4ccncc4)cc3)nc12. The Morgan fingerprint density at radius 1 is 1.00 bits per heavy atom. The maximum absolute atomic E-state index is 12.3. The smallest absolute Gasteiger partial charge is 0.251 e. The number of carbonyl (C=O) groups excluding carboxylic acids is 2. The number of nitrogens with zero attached hydrogens (tertiary/aromatic N) is 3. The van der Waals surface area contributed by atoms with Crippen molar-refractivity contribution in [3.63, 3.8) is 0 Å². The summed E-state index contributed by atoms with van der Waals surface area (Å²) in [5.74, 6) is -0.679. The molecule has 0 aliphatic heterocycles. The number of primary amides is 1. The van der Waals surface area contributed by atoms with Crippen LogP contribution in [0.5, 0.6) is 0 Å². The fourth-order valence-electron chi connectivity index (χ4n) is 2.93. The lowest BCUT2D eigenvalue weighted by Crippen LogP contribution is -2.22. The molecule has 2 heterocycles. The largest absolute Gasteiger partial charge is 0.366 e. The Hall–Kier alpha value is -4.00. The highest BCUT2D eigenvalue weighted by Gasteiger charge is 2.11. The molecule has 4 rings (SSSR count). The monoisotopic (exact) mass is 371 g/mol. The van der Waals surface area contributed by atoms with E-state index in [1.54, 1.807) is 53.5 Å². The Kier molecular flexibility index (Phi) is 4.55. The summed E-state index contributed by atoms with van der Waals surface area (Å²) in [4.78, 5) is 27.8. The first kappa shape index (κ1) is 17.4. The summed E-state index contributed by atoms with van der Waals surface area (Å²) in [6, 6.07) is 16.1. The number of pyridine rings is 1. The maximum Gasteiger partial charge on any atom is 0.251 e. The second kappa shape index (κ2) is 7.32. The first-order chi connectivity index (χ1) is 13.6. The maximum atomic E-state index is 12.3. The third-order valence-corrected chi connectivity index (χ3v) is 4.40. The second-order valence-corrected chi connectivity index (χ2v) is 6.27. The molecule has 0 fully saturated rings. The van der Waals surface area contributed by atoms with E-state index in [1.165, 1.54) is 0 Å². The van der Waals surface area contributed by atoms with Gasteiger partial charge in [-0.15, -0.1) is 0 Å². The van der Waals surface area contributed by atoms with E-state index in [2.05, 4.69) is 15.4 Å². The van der Waals surface area contributed by atoms with Crippen molar-refractivity contribution in [1.82, 2.24) is 20.1 Å². The van der Waals surface area contributed by atoms with Crippen LogP contribution in [-0.2, 0) is 6.54 Å². The number of fused-ring (bicyclic) bond motifs is 1. The molecule has 0 aliphatic rings. The van der Waals surface area contributed by atoms with Gasteiger partial charge in [-0.05, 0) is 48.0 Å². The van der Waals surface area contributed by atoms with Gasteiger partial charge in [-0.3, -0.25) is 14.6 Å². The first-order valence-corrected chi connectivity index (χ1v) is 8.67. The number of amides is 2. The molecule has 0 radical (unpaired) electrons. The van der Waals surface area contributed by atoms with Gasteiger partial charge in [-0.2, -0.15) is 5.10 Å². The molecule has 0 spiro atoms. The zero-order valence-electron chi connectivity index (χ0n) is 14.9. The summed E-state index contributed by atoms with van der Waals surface area (Å²) in [7, 11) is 0. The molecular weight excluding hydrogens is 354 g/mol. The van der Waals surface area contributed by atoms with Crippen molar-refractivity contribution in [2.45, 2.75) is 6.54 Å². The standard InChI is InChI=1S/C21H17N5O2/c22-20(27)18-3-1-2-16-13-26(25-19(16)18)17-6-4-15(5-7-17)21(28)24-12-14-8-10-23-11-9-14/h1-11,13H,12H2,(H2,22,27)(H,24,28). The molecule has 3 N–H and O–H groups in total. The lowest BCUT2D eigenvalue weighted by Gasteiger charge is -2.06. The van der Waals surface area contributed by atoms with E-state index in [1.807, 2.05) is 24.4 Å². The van der Waals surface area contributed by atoms with Crippen LogP contribution < -0.4 is 11.1 Å². The fourth-order valence-corrected chi connectivity index (χ4v) is 2.93. The van der Waals surface area contributed by atoms with Gasteiger partial charge < -0.3 is 11.1 Å². The Labute approximate surface area is 160 Å². The summed E-state index contributed by atoms with van der Waals surface area (Å²) >= 11 is 0. The van der Waals surface area contributed by atoms with Gasteiger partial charge in [0.05, 0.1) is 11.3 Å². The molecule has 0 saturated carbocycles. The molecule has 2 amide bonds. The fraction of sp³-hybridized carbons (Fsp3) is 0.0476. The van der Waals surface area contributed by atoms with E-state index in [4.69, 9.17) is 5.73 Å². The Bertz CT molecular complexity index is 1150. The van der Waals surface area contributed by atoms with E-state index in [0.29, 0.717) is 23.2 Å². The Morgan fingerprint density at radius 2 is 1.75 bits per heavy atom. The number of hydrogen-bond acceptors (Lipinski definition) is 4. The van der Waals surface area contributed by atoms with Crippen molar-refractivity contribution in [1.29, 1.82) is 0 Å². The number of aromatic nitrogens is 3. The van der Waals surface area contributed by atoms with Gasteiger partial charge in [0.2, 0.25) is 0 Å². The van der Waals surface area contributed by atoms with Gasteiger partial charge in [-0.1, -0.05) is 12.1 Å². The van der Waals surface area contributed by atoms with Gasteiger partial charge in [0.1, 0.15) is 5.52 Å². The molecule has 7 heteroatoms. The minimum absolute atomic E-state index is 0.162. The molecule has 7 nitrogen and oxygen atoms in total. The zero-order chi connectivity index (χ0) is 19.5. The highest BCUT2D eigenvalue weighted by Crippen LogP contribution is 2.19. The van der Waals surface area contributed by atoms with Crippen molar-refractivity contribution in [3.8, 4) is 5.69 Å². The van der Waals surface area contributed by atoms with Gasteiger partial charge in [0, 0.05) is 36.1 Å². The molecule has 0 aliphatic carbocycles. The summed E-state index contributed by atoms with van der Waals surface area (Å²) in [5, 5.41) is 8.15. The highest BCUT2D eigenvalue weighted by atomic mass is 16.2. The molecule has 4 aromatic rings. The van der Waals surface area contributed by atoms with Crippen molar-refractivity contribution in [2.24, 2.45) is 5.73 Å². The molecule has 2 aromatic heterocycles. The van der Waals surface area contributed by atoms with E-state index in [-0.39, 0.29) is 5.91 Å². The van der Waals surface area contributed by atoms with Crippen LogP contribution in [-0.4, -0.2) is 26.6 Å². The third-order valence-electron chi connectivity index (χ3n) is 4.40. The van der Waals surface area contributed by atoms with Crippen LogP contribution in [0, 0.1) is 0 Å². The topological polar surface area (TPSA) is 103 Å². The summed E-state index contributed by atoms with van der Waals surface area (Å²) in [6.45, 7) is 0.434. The van der Waals surface area contributed by atoms with Gasteiger partial charge in [0.25, 0.3) is 11.8 Å². The Morgan fingerprint density at radius 3 is 2.46 bits per heavy atom. The van der Waals surface area contributed by atoms with Crippen LogP contribution in [0.15, 0.2) is 73.2 Å². The van der Waals surface area contributed by atoms with Crippen LogP contribution >= 0.6 is 0 Å². The normalized spacial score (nSPS) is 10.7. The summed E-state index contributed by atoms with van der Waals surface area (Å²) in [6.07, 6.45) is 5.20. The van der Waals surface area contributed by atoms with Gasteiger partial charge in [-0.25, -0.2) is 4.68 Å². The first-order valence-electron chi connectivity index (χ1n) is 8.67. The third kappa shape index (κ3) is 3.45. The lowest BCUT2D eigenvalue weighted by molar-refractivity contribution is 0.0949. The van der Waals surface area contributed by atoms with E-state index in [9.17, 15) is 9.59 Å². The van der Waals surface area contributed by atoms with Crippen molar-refractivity contribution >= 4 is 22.7 Å². The van der Waals surface area contributed by atoms with E-state index >= 15 is 0 Å². The van der Waals surface area contributed by atoms with Crippen LogP contribution in [0.3, 0.4) is 0 Å². The molecule has 0 unspecified atom stereocenters. The molecule has 138 valence electrons. The predicted molar refractivity (Wildman–Crippen MR) is 105 cm³/mol. The second-order valence-electron chi connectivity index (χ2n) is 6.27. The molecule has 28 heavy (non-hydrogen) atoms. The van der Waals surface area contributed by atoms with Crippen LogP contribution in [0.4, 0.5) is 0 Å². The summed E-state index contributed by atoms with van der Waals surface area (Å²) < 4.78 is 1.66. The van der Waals surface area contributed by atoms with E-state index < -0.39 is 5.91 Å². The van der Waals surface area contributed by atoms with Crippen LogP contribution in [0.1, 0.15) is 26.3 Å². The van der Waals surface area contributed by atoms with Gasteiger partial charge >= 0.3 is 0 Å².